The summed E-state index contributed by atoms with van der Waals surface area (Å²) in [6.07, 6.45) is 0. The minimum atomic E-state index is -0.445. The molecule has 1 heterocycles. The van der Waals surface area contributed by atoms with E-state index in [1.165, 1.54) is 5.56 Å². The van der Waals surface area contributed by atoms with Gasteiger partial charge in [-0.2, -0.15) is 0 Å². The van der Waals surface area contributed by atoms with Gasteiger partial charge in [0.2, 0.25) is 0 Å². The fraction of sp³-hybridized carbons (Fsp3) is 0.533. The quantitative estimate of drug-likeness (QED) is 0.785. The highest BCUT2D eigenvalue weighted by atomic mass is 16.6. The van der Waals surface area contributed by atoms with E-state index in [0.717, 1.165) is 0 Å². The number of hydrogen-bond donors (Lipinski definition) is 0. The summed E-state index contributed by atoms with van der Waals surface area (Å²) in [5.41, 5.74) is 0.725. The number of ether oxygens (including phenoxy) is 2. The molecule has 1 saturated heterocycles. The van der Waals surface area contributed by atoms with E-state index < -0.39 is 5.60 Å². The van der Waals surface area contributed by atoms with E-state index in [1.54, 1.807) is 0 Å². The Morgan fingerprint density at radius 2 is 2.05 bits per heavy atom. The van der Waals surface area contributed by atoms with E-state index in [2.05, 4.69) is 12.1 Å². The fourth-order valence-corrected chi connectivity index (χ4v) is 2.15. The first kappa shape index (κ1) is 14.0. The Morgan fingerprint density at radius 1 is 1.37 bits per heavy atom. The molecule has 0 aromatic heterocycles. The van der Waals surface area contributed by atoms with Gasteiger partial charge in [-0.25, -0.2) is 0 Å². The largest absolute Gasteiger partial charge is 0.459 e. The lowest BCUT2D eigenvalue weighted by molar-refractivity contribution is -0.156. The number of rotatable bonds is 3. The van der Waals surface area contributed by atoms with E-state index in [0.29, 0.717) is 13.3 Å². The van der Waals surface area contributed by atoms with Crippen LogP contribution in [-0.4, -0.2) is 36.4 Å². The maximum absolute atomic E-state index is 11.9. The highest BCUT2D eigenvalue weighted by Gasteiger charge is 2.29. The summed E-state index contributed by atoms with van der Waals surface area (Å²) in [7, 11) is 0. The van der Waals surface area contributed by atoms with Crippen molar-refractivity contribution in [1.29, 1.82) is 0 Å². The van der Waals surface area contributed by atoms with E-state index in [4.69, 9.17) is 9.47 Å². The molecular formula is C15H21NO3. The van der Waals surface area contributed by atoms with Gasteiger partial charge in [-0.3, -0.25) is 9.69 Å². The number of carbonyl (C=O) groups excluding carboxylic acids is 1. The number of carbonyl (C=O) groups is 1. The SMILES string of the molecule is CC(C)(C)OC(=O)CN1COC[C@H]1c1ccccc1. The Bertz CT molecular complexity index is 425. The molecule has 0 unspecified atom stereocenters. The summed E-state index contributed by atoms with van der Waals surface area (Å²) in [5, 5.41) is 0. The first-order chi connectivity index (χ1) is 8.96. The number of esters is 1. The smallest absolute Gasteiger partial charge is 0.320 e. The van der Waals surface area contributed by atoms with Crippen LogP contribution in [0.5, 0.6) is 0 Å². The molecule has 1 aromatic rings. The molecule has 0 amide bonds. The molecule has 0 spiro atoms. The average Bonchev–Trinajstić information content (AvgIpc) is 2.75. The summed E-state index contributed by atoms with van der Waals surface area (Å²) in [5.74, 6) is -0.209. The van der Waals surface area contributed by atoms with Gasteiger partial charge in [-0.05, 0) is 26.3 Å². The maximum atomic E-state index is 11.9. The maximum Gasteiger partial charge on any atom is 0.320 e. The van der Waals surface area contributed by atoms with Gasteiger partial charge >= 0.3 is 5.97 Å². The van der Waals surface area contributed by atoms with E-state index in [9.17, 15) is 4.79 Å². The van der Waals surface area contributed by atoms with E-state index >= 15 is 0 Å². The zero-order valence-electron chi connectivity index (χ0n) is 11.8. The van der Waals surface area contributed by atoms with Gasteiger partial charge in [0.15, 0.2) is 0 Å². The van der Waals surface area contributed by atoms with Gasteiger partial charge in [0.1, 0.15) is 12.3 Å². The number of hydrogen-bond acceptors (Lipinski definition) is 4. The molecule has 0 bridgehead atoms. The van der Waals surface area contributed by atoms with Crippen molar-refractivity contribution in [2.24, 2.45) is 0 Å². The Morgan fingerprint density at radius 3 is 2.68 bits per heavy atom. The second-order valence-corrected chi connectivity index (χ2v) is 5.76. The molecule has 4 heteroatoms. The molecule has 1 atom stereocenters. The highest BCUT2D eigenvalue weighted by Crippen LogP contribution is 2.25. The number of nitrogens with zero attached hydrogens (tertiary/aromatic N) is 1. The molecule has 0 aliphatic carbocycles. The number of benzene rings is 1. The van der Waals surface area contributed by atoms with Crippen LogP contribution >= 0.6 is 0 Å². The summed E-state index contributed by atoms with van der Waals surface area (Å²) in [6, 6.07) is 10.2. The normalized spacial score (nSPS) is 20.5. The zero-order chi connectivity index (χ0) is 13.9. The lowest BCUT2D eigenvalue weighted by Gasteiger charge is -2.25. The van der Waals surface area contributed by atoms with Gasteiger partial charge < -0.3 is 9.47 Å². The van der Waals surface area contributed by atoms with Gasteiger partial charge in [-0.1, -0.05) is 30.3 Å². The van der Waals surface area contributed by atoms with Crippen LogP contribution in [0, 0.1) is 0 Å². The third kappa shape index (κ3) is 4.04. The molecule has 1 aliphatic rings. The Kier molecular flexibility index (Phi) is 4.22. The molecule has 1 fully saturated rings. The van der Waals surface area contributed by atoms with Crippen LogP contribution in [0.3, 0.4) is 0 Å². The average molecular weight is 263 g/mol. The first-order valence-electron chi connectivity index (χ1n) is 6.54. The Hall–Kier alpha value is -1.39. The predicted molar refractivity (Wildman–Crippen MR) is 72.6 cm³/mol. The second-order valence-electron chi connectivity index (χ2n) is 5.76. The van der Waals surface area contributed by atoms with Crippen molar-refractivity contribution in [3.8, 4) is 0 Å². The van der Waals surface area contributed by atoms with Crippen molar-refractivity contribution < 1.29 is 14.3 Å². The third-order valence-corrected chi connectivity index (χ3v) is 2.91. The van der Waals surface area contributed by atoms with Crippen LogP contribution in [0.15, 0.2) is 30.3 Å². The molecule has 1 aliphatic heterocycles. The van der Waals surface area contributed by atoms with Gasteiger partial charge in [0.05, 0.1) is 19.2 Å². The predicted octanol–water partition coefficient (Wildman–Crippen LogP) is 2.36. The first-order valence-corrected chi connectivity index (χ1v) is 6.54. The Balaban J connectivity index is 1.98. The van der Waals surface area contributed by atoms with Crippen molar-refractivity contribution in [3.05, 3.63) is 35.9 Å². The van der Waals surface area contributed by atoms with Crippen LogP contribution in [0.4, 0.5) is 0 Å². The summed E-state index contributed by atoms with van der Waals surface area (Å²) >= 11 is 0. The molecular weight excluding hydrogens is 242 g/mol. The summed E-state index contributed by atoms with van der Waals surface area (Å²) < 4.78 is 10.8. The van der Waals surface area contributed by atoms with Crippen molar-refractivity contribution in [3.63, 3.8) is 0 Å². The van der Waals surface area contributed by atoms with Crippen molar-refractivity contribution in [1.82, 2.24) is 4.90 Å². The van der Waals surface area contributed by atoms with Crippen molar-refractivity contribution in [2.75, 3.05) is 19.9 Å². The third-order valence-electron chi connectivity index (χ3n) is 2.91. The molecule has 2 rings (SSSR count). The molecule has 1 aromatic carbocycles. The van der Waals surface area contributed by atoms with Crippen LogP contribution in [0.25, 0.3) is 0 Å². The molecule has 19 heavy (non-hydrogen) atoms. The van der Waals surface area contributed by atoms with Gasteiger partial charge in [-0.15, -0.1) is 0 Å². The van der Waals surface area contributed by atoms with Crippen LogP contribution < -0.4 is 0 Å². The standard InChI is InChI=1S/C15H21NO3/c1-15(2,3)19-14(17)9-16-11-18-10-13(16)12-7-5-4-6-8-12/h4-8,13H,9-11H2,1-3H3/t13-/m0/s1. The van der Waals surface area contributed by atoms with Gasteiger partial charge in [0, 0.05) is 0 Å². The van der Waals surface area contributed by atoms with Crippen molar-refractivity contribution in [2.45, 2.75) is 32.4 Å². The summed E-state index contributed by atoms with van der Waals surface area (Å²) in [4.78, 5) is 13.9. The molecule has 0 N–H and O–H groups in total. The van der Waals surface area contributed by atoms with Crippen LogP contribution in [-0.2, 0) is 14.3 Å². The van der Waals surface area contributed by atoms with Gasteiger partial charge in [0.25, 0.3) is 0 Å². The monoisotopic (exact) mass is 263 g/mol. The second kappa shape index (κ2) is 5.72. The molecule has 104 valence electrons. The minimum Gasteiger partial charge on any atom is -0.459 e. The molecule has 4 nitrogen and oxygen atoms in total. The van der Waals surface area contributed by atoms with E-state index in [-0.39, 0.29) is 18.6 Å². The lowest BCUT2D eigenvalue weighted by atomic mass is 10.1. The molecule has 0 radical (unpaired) electrons. The Labute approximate surface area is 114 Å². The van der Waals surface area contributed by atoms with Crippen LogP contribution in [0.1, 0.15) is 32.4 Å². The van der Waals surface area contributed by atoms with Crippen LogP contribution in [0.2, 0.25) is 0 Å². The van der Waals surface area contributed by atoms with Crippen molar-refractivity contribution >= 4 is 5.97 Å². The zero-order valence-corrected chi connectivity index (χ0v) is 11.8. The minimum absolute atomic E-state index is 0.133. The fourth-order valence-electron chi connectivity index (χ4n) is 2.15. The van der Waals surface area contributed by atoms with E-state index in [1.807, 2.05) is 43.9 Å². The lowest BCUT2D eigenvalue weighted by Crippen LogP contribution is -2.35. The highest BCUT2D eigenvalue weighted by molar-refractivity contribution is 5.72. The molecule has 0 saturated carbocycles. The summed E-state index contributed by atoms with van der Waals surface area (Å²) in [6.45, 7) is 6.97. The topological polar surface area (TPSA) is 38.8 Å².